The molecule has 0 radical (unpaired) electrons. The smallest absolute Gasteiger partial charge is 0.305 e. The molecule has 2 unspecified atom stereocenters. The molecule has 0 aromatic heterocycles. The highest BCUT2D eigenvalue weighted by Crippen LogP contribution is 2.18. The number of nitrogens with one attached hydrogen (secondary N) is 1. The van der Waals surface area contributed by atoms with Gasteiger partial charge in [-0.1, -0.05) is 302 Å². The highest BCUT2D eigenvalue weighted by molar-refractivity contribution is 5.76. The van der Waals surface area contributed by atoms with Crippen molar-refractivity contribution in [1.82, 2.24) is 5.32 Å². The first-order valence-electron chi connectivity index (χ1n) is 31.4. The molecule has 0 aromatic rings. The summed E-state index contributed by atoms with van der Waals surface area (Å²) in [5.74, 6) is -0.0302. The standard InChI is InChI=1S/C63H123NO5/c1-3-5-7-9-11-13-15-17-19-20-26-29-33-37-41-45-49-53-57-63(68)69-58-54-50-46-42-38-34-30-27-24-22-21-23-25-28-32-36-40-44-48-52-56-62(67)64-60(59-65)61(66)55-51-47-43-39-35-31-18-16-14-12-10-8-6-4-2/h21,23,60-61,65-66H,3-20,22,24-59H2,1-2H3,(H,64,67)/b23-21-. The highest BCUT2D eigenvalue weighted by atomic mass is 16.5. The Bertz CT molecular complexity index is 1030. The van der Waals surface area contributed by atoms with Gasteiger partial charge in [0.1, 0.15) is 0 Å². The molecule has 0 fully saturated rings. The maximum absolute atomic E-state index is 12.5. The monoisotopic (exact) mass is 974 g/mol. The molecule has 0 saturated heterocycles. The van der Waals surface area contributed by atoms with Crippen LogP contribution < -0.4 is 5.32 Å². The van der Waals surface area contributed by atoms with Gasteiger partial charge in [-0.2, -0.15) is 0 Å². The van der Waals surface area contributed by atoms with Gasteiger partial charge in [-0.05, 0) is 51.4 Å². The van der Waals surface area contributed by atoms with Crippen molar-refractivity contribution in [2.75, 3.05) is 13.2 Å². The summed E-state index contributed by atoms with van der Waals surface area (Å²) in [6, 6.07) is -0.547. The van der Waals surface area contributed by atoms with E-state index in [-0.39, 0.29) is 18.5 Å². The second kappa shape index (κ2) is 59.2. The van der Waals surface area contributed by atoms with Gasteiger partial charge in [0.15, 0.2) is 0 Å². The molecule has 0 bridgehead atoms. The van der Waals surface area contributed by atoms with Gasteiger partial charge in [0.25, 0.3) is 0 Å². The normalized spacial score (nSPS) is 12.6. The molecule has 0 spiro atoms. The summed E-state index contributed by atoms with van der Waals surface area (Å²) in [7, 11) is 0. The second-order valence-electron chi connectivity index (χ2n) is 21.7. The van der Waals surface area contributed by atoms with Gasteiger partial charge in [0, 0.05) is 12.8 Å². The van der Waals surface area contributed by atoms with Gasteiger partial charge >= 0.3 is 5.97 Å². The van der Waals surface area contributed by atoms with Crippen LogP contribution in [0.5, 0.6) is 0 Å². The van der Waals surface area contributed by atoms with Gasteiger partial charge in [-0.3, -0.25) is 9.59 Å². The van der Waals surface area contributed by atoms with Gasteiger partial charge in [-0.15, -0.1) is 0 Å². The van der Waals surface area contributed by atoms with E-state index in [1.165, 1.54) is 283 Å². The lowest BCUT2D eigenvalue weighted by molar-refractivity contribution is -0.143. The fourth-order valence-corrected chi connectivity index (χ4v) is 9.99. The Labute approximate surface area is 431 Å². The predicted octanol–water partition coefficient (Wildman–Crippen LogP) is 19.6. The average molecular weight is 975 g/mol. The summed E-state index contributed by atoms with van der Waals surface area (Å²) in [4.78, 5) is 24.6. The Morgan fingerprint density at radius 1 is 0.391 bits per heavy atom. The lowest BCUT2D eigenvalue weighted by Gasteiger charge is -2.22. The molecule has 1 amide bonds. The molecule has 2 atom stereocenters. The van der Waals surface area contributed by atoms with E-state index in [0.29, 0.717) is 25.9 Å². The summed E-state index contributed by atoms with van der Waals surface area (Å²) in [6.45, 7) is 4.97. The van der Waals surface area contributed by atoms with Crippen molar-refractivity contribution in [3.05, 3.63) is 12.2 Å². The van der Waals surface area contributed by atoms with Gasteiger partial charge < -0.3 is 20.3 Å². The summed E-state index contributed by atoms with van der Waals surface area (Å²) >= 11 is 0. The molecule has 0 saturated carbocycles. The van der Waals surface area contributed by atoms with E-state index in [2.05, 4.69) is 31.3 Å². The molecule has 0 heterocycles. The molecule has 0 rings (SSSR count). The van der Waals surface area contributed by atoms with Crippen LogP contribution in [0.2, 0.25) is 0 Å². The van der Waals surface area contributed by atoms with Crippen molar-refractivity contribution in [2.24, 2.45) is 0 Å². The Morgan fingerprint density at radius 3 is 1.03 bits per heavy atom. The topological polar surface area (TPSA) is 95.9 Å². The van der Waals surface area contributed by atoms with Crippen LogP contribution >= 0.6 is 0 Å². The molecule has 6 heteroatoms. The third kappa shape index (κ3) is 55.8. The summed E-state index contributed by atoms with van der Waals surface area (Å²) in [5.41, 5.74) is 0. The fourth-order valence-electron chi connectivity index (χ4n) is 9.99. The number of carbonyl (C=O) groups is 2. The molecule has 410 valence electrons. The zero-order chi connectivity index (χ0) is 50.0. The van der Waals surface area contributed by atoms with E-state index >= 15 is 0 Å². The fraction of sp³-hybridized carbons (Fsp3) is 0.937. The number of aliphatic hydroxyl groups is 2. The van der Waals surface area contributed by atoms with Gasteiger partial charge in [0.2, 0.25) is 5.91 Å². The molecule has 3 N–H and O–H groups in total. The highest BCUT2D eigenvalue weighted by Gasteiger charge is 2.20. The van der Waals surface area contributed by atoms with Crippen molar-refractivity contribution in [2.45, 2.75) is 366 Å². The number of hydrogen-bond acceptors (Lipinski definition) is 5. The maximum Gasteiger partial charge on any atom is 0.305 e. The third-order valence-electron chi connectivity index (χ3n) is 14.8. The molecule has 0 aliphatic carbocycles. The van der Waals surface area contributed by atoms with E-state index in [4.69, 9.17) is 4.74 Å². The van der Waals surface area contributed by atoms with Crippen molar-refractivity contribution in [3.63, 3.8) is 0 Å². The first-order valence-corrected chi connectivity index (χ1v) is 31.4. The Hall–Kier alpha value is -1.40. The lowest BCUT2D eigenvalue weighted by atomic mass is 10.0. The molecule has 0 aliphatic heterocycles. The SMILES string of the molecule is CCCCCCCCCCCCCCCCCCCCC(=O)OCCCCCCCCCCC/C=C\CCCCCCCCCC(=O)NC(CO)C(O)CCCCCCCCCCCCCCCC. The number of amides is 1. The van der Waals surface area contributed by atoms with Crippen molar-refractivity contribution >= 4 is 11.9 Å². The van der Waals surface area contributed by atoms with E-state index < -0.39 is 12.1 Å². The quantitative estimate of drug-likeness (QED) is 0.0321. The van der Waals surface area contributed by atoms with Crippen LogP contribution in [0.25, 0.3) is 0 Å². The zero-order valence-electron chi connectivity index (χ0n) is 46.8. The van der Waals surface area contributed by atoms with Crippen LogP contribution in [-0.2, 0) is 14.3 Å². The van der Waals surface area contributed by atoms with Crippen molar-refractivity contribution in [3.8, 4) is 0 Å². The lowest BCUT2D eigenvalue weighted by Crippen LogP contribution is -2.45. The average Bonchev–Trinajstić information content (AvgIpc) is 3.35. The Kier molecular flexibility index (Phi) is 58.0. The molecule has 0 aromatic carbocycles. The van der Waals surface area contributed by atoms with E-state index in [0.717, 1.165) is 38.5 Å². The number of ether oxygens (including phenoxy) is 1. The first-order chi connectivity index (χ1) is 34.0. The summed E-state index contributed by atoms with van der Waals surface area (Å²) in [6.07, 6.45) is 70.8. The van der Waals surface area contributed by atoms with E-state index in [1.54, 1.807) is 0 Å². The van der Waals surface area contributed by atoms with Crippen LogP contribution in [0.1, 0.15) is 354 Å². The Balaban J connectivity index is 3.39. The molecule has 69 heavy (non-hydrogen) atoms. The third-order valence-corrected chi connectivity index (χ3v) is 14.8. The number of aliphatic hydroxyl groups excluding tert-OH is 2. The number of hydrogen-bond donors (Lipinski definition) is 3. The van der Waals surface area contributed by atoms with Crippen LogP contribution in [0.15, 0.2) is 12.2 Å². The molecular weight excluding hydrogens is 851 g/mol. The van der Waals surface area contributed by atoms with Crippen LogP contribution in [0.4, 0.5) is 0 Å². The number of allylic oxidation sites excluding steroid dienone is 2. The van der Waals surface area contributed by atoms with Crippen molar-refractivity contribution < 1.29 is 24.5 Å². The van der Waals surface area contributed by atoms with Crippen LogP contribution in [0.3, 0.4) is 0 Å². The number of carbonyl (C=O) groups excluding carboxylic acids is 2. The second-order valence-corrected chi connectivity index (χ2v) is 21.7. The Morgan fingerprint density at radius 2 is 0.681 bits per heavy atom. The minimum absolute atomic E-state index is 0.0114. The number of esters is 1. The molecule has 6 nitrogen and oxygen atoms in total. The number of rotatable bonds is 59. The van der Waals surface area contributed by atoms with E-state index in [1.807, 2.05) is 0 Å². The van der Waals surface area contributed by atoms with Gasteiger partial charge in [-0.25, -0.2) is 0 Å². The maximum atomic E-state index is 12.5. The minimum atomic E-state index is -0.668. The van der Waals surface area contributed by atoms with Gasteiger partial charge in [0.05, 0.1) is 25.4 Å². The first kappa shape index (κ1) is 67.6. The van der Waals surface area contributed by atoms with Crippen LogP contribution in [-0.4, -0.2) is 47.4 Å². The number of unbranched alkanes of at least 4 members (excludes halogenated alkanes) is 46. The molecular formula is C63H123NO5. The summed E-state index contributed by atoms with van der Waals surface area (Å²) in [5, 5.41) is 23.3. The summed E-state index contributed by atoms with van der Waals surface area (Å²) < 4.78 is 5.50. The van der Waals surface area contributed by atoms with E-state index in [9.17, 15) is 19.8 Å². The van der Waals surface area contributed by atoms with Crippen molar-refractivity contribution in [1.29, 1.82) is 0 Å². The predicted molar refractivity (Wildman–Crippen MR) is 301 cm³/mol. The molecule has 0 aliphatic rings. The largest absolute Gasteiger partial charge is 0.466 e. The minimum Gasteiger partial charge on any atom is -0.466 e. The van der Waals surface area contributed by atoms with Crippen LogP contribution in [0, 0.1) is 0 Å². The zero-order valence-corrected chi connectivity index (χ0v) is 46.8.